The molecule has 0 unspecified atom stereocenters. The highest BCUT2D eigenvalue weighted by atomic mass is 16.5. The van der Waals surface area contributed by atoms with Gasteiger partial charge in [-0.1, -0.05) is 12.1 Å². The van der Waals surface area contributed by atoms with Crippen molar-refractivity contribution in [3.63, 3.8) is 0 Å². The Hall–Kier alpha value is -1.88. The lowest BCUT2D eigenvalue weighted by Gasteiger charge is -2.06. The maximum Gasteiger partial charge on any atom is 0.325 e. The fourth-order valence-electron chi connectivity index (χ4n) is 1.79. The van der Waals surface area contributed by atoms with Crippen LogP contribution < -0.4 is 0 Å². The van der Waals surface area contributed by atoms with E-state index >= 15 is 0 Å². The molecule has 0 amide bonds. The number of benzene rings is 1. The minimum atomic E-state index is -0.327. The number of methoxy groups -OCH3 is 1. The Kier molecular flexibility index (Phi) is 3.39. The number of hydrogen-bond donors (Lipinski definition) is 1. The van der Waals surface area contributed by atoms with Crippen molar-refractivity contribution in [2.45, 2.75) is 13.0 Å². The summed E-state index contributed by atoms with van der Waals surface area (Å²) in [4.78, 5) is 15.7. The Morgan fingerprint density at radius 2 is 2.24 bits per heavy atom. The van der Waals surface area contributed by atoms with Crippen LogP contribution >= 0.6 is 0 Å². The Labute approximate surface area is 98.6 Å². The molecule has 1 aromatic carbocycles. The second kappa shape index (κ2) is 4.97. The highest BCUT2D eigenvalue weighted by Gasteiger charge is 2.12. The van der Waals surface area contributed by atoms with E-state index in [2.05, 4.69) is 9.72 Å². The standard InChI is InChI=1S/C12H14N2O3/c1-17-12(16)8-14-10-5-3-2-4-9(10)13-11(14)6-7-15/h2-5,15H,6-8H2,1H3. The van der Waals surface area contributed by atoms with E-state index in [1.165, 1.54) is 7.11 Å². The van der Waals surface area contributed by atoms with Crippen molar-refractivity contribution >= 4 is 17.0 Å². The molecular weight excluding hydrogens is 220 g/mol. The fraction of sp³-hybridized carbons (Fsp3) is 0.333. The van der Waals surface area contributed by atoms with Crippen LogP contribution in [0, 0.1) is 0 Å². The number of carbonyl (C=O) groups is 1. The molecule has 1 heterocycles. The molecule has 0 aliphatic heterocycles. The summed E-state index contributed by atoms with van der Waals surface area (Å²) < 4.78 is 6.43. The maximum atomic E-state index is 11.3. The zero-order valence-electron chi connectivity index (χ0n) is 9.59. The summed E-state index contributed by atoms with van der Waals surface area (Å²) in [5, 5.41) is 8.99. The summed E-state index contributed by atoms with van der Waals surface area (Å²) in [7, 11) is 1.35. The van der Waals surface area contributed by atoms with Crippen LogP contribution in [-0.2, 0) is 22.5 Å². The largest absolute Gasteiger partial charge is 0.468 e. The summed E-state index contributed by atoms with van der Waals surface area (Å²) in [6.07, 6.45) is 0.422. The SMILES string of the molecule is COC(=O)Cn1c(CCO)nc2ccccc21. The van der Waals surface area contributed by atoms with Gasteiger partial charge in [0.25, 0.3) is 0 Å². The molecule has 2 aromatic rings. The van der Waals surface area contributed by atoms with Crippen LogP contribution in [0.4, 0.5) is 0 Å². The first-order valence-corrected chi connectivity index (χ1v) is 5.38. The Balaban J connectivity index is 2.47. The number of aromatic nitrogens is 2. The van der Waals surface area contributed by atoms with Gasteiger partial charge >= 0.3 is 5.97 Å². The molecule has 90 valence electrons. The number of rotatable bonds is 4. The number of para-hydroxylation sites is 2. The molecule has 17 heavy (non-hydrogen) atoms. The smallest absolute Gasteiger partial charge is 0.325 e. The minimum Gasteiger partial charge on any atom is -0.468 e. The van der Waals surface area contributed by atoms with Crippen molar-refractivity contribution in [1.29, 1.82) is 0 Å². The second-order valence-corrected chi connectivity index (χ2v) is 3.65. The zero-order chi connectivity index (χ0) is 12.3. The Bertz CT molecular complexity index is 534. The lowest BCUT2D eigenvalue weighted by atomic mass is 10.3. The number of imidazole rings is 1. The number of ether oxygens (including phenoxy) is 1. The predicted molar refractivity (Wildman–Crippen MR) is 62.5 cm³/mol. The lowest BCUT2D eigenvalue weighted by Crippen LogP contribution is -2.14. The minimum absolute atomic E-state index is 0.00446. The van der Waals surface area contributed by atoms with E-state index in [4.69, 9.17) is 5.11 Å². The zero-order valence-corrected chi connectivity index (χ0v) is 9.59. The highest BCUT2D eigenvalue weighted by molar-refractivity contribution is 5.78. The van der Waals surface area contributed by atoms with Crippen LogP contribution in [0.1, 0.15) is 5.82 Å². The molecule has 5 nitrogen and oxygen atoms in total. The van der Waals surface area contributed by atoms with Gasteiger partial charge in [0, 0.05) is 6.42 Å². The van der Waals surface area contributed by atoms with Crippen LogP contribution in [0.5, 0.6) is 0 Å². The first-order chi connectivity index (χ1) is 8.26. The monoisotopic (exact) mass is 234 g/mol. The molecule has 0 fully saturated rings. The summed E-state index contributed by atoms with van der Waals surface area (Å²) >= 11 is 0. The molecule has 0 radical (unpaired) electrons. The predicted octanol–water partition coefficient (Wildman–Crippen LogP) is 0.744. The third-order valence-corrected chi connectivity index (χ3v) is 2.58. The molecule has 5 heteroatoms. The molecule has 0 saturated heterocycles. The van der Waals surface area contributed by atoms with Gasteiger partial charge in [-0.15, -0.1) is 0 Å². The molecule has 0 saturated carbocycles. The van der Waals surface area contributed by atoms with Gasteiger partial charge < -0.3 is 14.4 Å². The van der Waals surface area contributed by atoms with Gasteiger partial charge in [-0.25, -0.2) is 4.98 Å². The molecule has 0 aliphatic rings. The van der Waals surface area contributed by atoms with Crippen LogP contribution in [0.3, 0.4) is 0 Å². The first kappa shape index (κ1) is 11.6. The summed E-state index contributed by atoms with van der Waals surface area (Å²) in [6, 6.07) is 7.55. The number of carbonyl (C=O) groups excluding carboxylic acids is 1. The van der Waals surface area contributed by atoms with Crippen molar-refractivity contribution in [2.24, 2.45) is 0 Å². The summed E-state index contributed by atoms with van der Waals surface area (Å²) in [6.45, 7) is 0.122. The van der Waals surface area contributed by atoms with E-state index in [1.54, 1.807) is 4.57 Å². The lowest BCUT2D eigenvalue weighted by molar-refractivity contribution is -0.141. The van der Waals surface area contributed by atoms with E-state index in [0.29, 0.717) is 12.2 Å². The second-order valence-electron chi connectivity index (χ2n) is 3.65. The third kappa shape index (κ3) is 2.29. The average Bonchev–Trinajstić information content (AvgIpc) is 2.68. The van der Waals surface area contributed by atoms with Crippen molar-refractivity contribution in [3.8, 4) is 0 Å². The number of nitrogens with zero attached hydrogens (tertiary/aromatic N) is 2. The highest BCUT2D eigenvalue weighted by Crippen LogP contribution is 2.16. The normalized spacial score (nSPS) is 10.7. The van der Waals surface area contributed by atoms with Gasteiger partial charge in [-0.3, -0.25) is 4.79 Å². The van der Waals surface area contributed by atoms with Crippen LogP contribution in [0.2, 0.25) is 0 Å². The molecule has 0 atom stereocenters. The maximum absolute atomic E-state index is 11.3. The van der Waals surface area contributed by atoms with E-state index in [-0.39, 0.29) is 19.1 Å². The van der Waals surface area contributed by atoms with E-state index in [9.17, 15) is 4.79 Å². The molecular formula is C12H14N2O3. The van der Waals surface area contributed by atoms with Crippen molar-refractivity contribution in [2.75, 3.05) is 13.7 Å². The number of aliphatic hydroxyl groups is 1. The summed E-state index contributed by atoms with van der Waals surface area (Å²) in [5.74, 6) is 0.367. The van der Waals surface area contributed by atoms with Gasteiger partial charge in [0.05, 0.1) is 24.8 Å². The third-order valence-electron chi connectivity index (χ3n) is 2.58. The number of esters is 1. The van der Waals surface area contributed by atoms with Crippen LogP contribution in [0.25, 0.3) is 11.0 Å². The van der Waals surface area contributed by atoms with Crippen molar-refractivity contribution in [3.05, 3.63) is 30.1 Å². The van der Waals surface area contributed by atoms with E-state index in [0.717, 1.165) is 11.0 Å². The Morgan fingerprint density at radius 3 is 2.94 bits per heavy atom. The van der Waals surface area contributed by atoms with Gasteiger partial charge in [-0.2, -0.15) is 0 Å². The molecule has 0 spiro atoms. The fourth-order valence-corrected chi connectivity index (χ4v) is 1.79. The number of fused-ring (bicyclic) bond motifs is 1. The number of hydrogen-bond acceptors (Lipinski definition) is 4. The molecule has 1 N–H and O–H groups in total. The van der Waals surface area contributed by atoms with Gasteiger partial charge in [0.2, 0.25) is 0 Å². The van der Waals surface area contributed by atoms with Crippen LogP contribution in [0.15, 0.2) is 24.3 Å². The first-order valence-electron chi connectivity index (χ1n) is 5.38. The van der Waals surface area contributed by atoms with Crippen molar-refractivity contribution in [1.82, 2.24) is 9.55 Å². The van der Waals surface area contributed by atoms with E-state index < -0.39 is 0 Å². The topological polar surface area (TPSA) is 64.3 Å². The van der Waals surface area contributed by atoms with Crippen molar-refractivity contribution < 1.29 is 14.6 Å². The quantitative estimate of drug-likeness (QED) is 0.793. The Morgan fingerprint density at radius 1 is 1.47 bits per heavy atom. The number of aliphatic hydroxyl groups excluding tert-OH is 1. The van der Waals surface area contributed by atoms with Gasteiger partial charge in [0.15, 0.2) is 0 Å². The van der Waals surface area contributed by atoms with Gasteiger partial charge in [-0.05, 0) is 12.1 Å². The van der Waals surface area contributed by atoms with Crippen LogP contribution in [-0.4, -0.2) is 34.3 Å². The molecule has 2 rings (SSSR count). The molecule has 1 aromatic heterocycles. The molecule has 0 aliphatic carbocycles. The summed E-state index contributed by atoms with van der Waals surface area (Å²) in [5.41, 5.74) is 1.70. The van der Waals surface area contributed by atoms with E-state index in [1.807, 2.05) is 24.3 Å². The average molecular weight is 234 g/mol. The van der Waals surface area contributed by atoms with Gasteiger partial charge in [0.1, 0.15) is 12.4 Å². The molecule has 0 bridgehead atoms.